The summed E-state index contributed by atoms with van der Waals surface area (Å²) in [5.74, 6) is 0.642. The van der Waals surface area contributed by atoms with Crippen molar-refractivity contribution in [3.8, 4) is 22.3 Å². The number of amides is 4. The van der Waals surface area contributed by atoms with Gasteiger partial charge in [-0.2, -0.15) is 0 Å². The van der Waals surface area contributed by atoms with Crippen LogP contribution in [0.3, 0.4) is 0 Å². The van der Waals surface area contributed by atoms with E-state index < -0.39 is 18.2 Å². The van der Waals surface area contributed by atoms with Gasteiger partial charge in [-0.1, -0.05) is 84.9 Å². The summed E-state index contributed by atoms with van der Waals surface area (Å²) in [7, 11) is 2.53. The number of aromatic nitrogens is 2. The Morgan fingerprint density at radius 3 is 1.84 bits per heavy atom. The van der Waals surface area contributed by atoms with Crippen LogP contribution in [0.4, 0.5) is 9.59 Å². The number of carbonyl (C=O) groups excluding carboxylic acids is 4. The van der Waals surface area contributed by atoms with Gasteiger partial charge in [0.1, 0.15) is 35.7 Å². The number of carbonyl (C=O) groups is 4. The number of hydrogen-bond donors (Lipinski definition) is 2. The standard InChI is InChI=1S/C40H44N6O8.C3H8.CH4.H2/c1-22(2)35(44-40(50)52-5)38(48)46-21-23(3)17-31(46)37-43-29-15-13-27(19-33(29)54-37)25-10-8-24(9-11-25)26-12-14-28-32(18-26)53-36(42-28)30-7-6-16-45(30)34(47)20-41-39(49)51-4;1-3-2;;/h8-15,18-19,22-23,30-31,35H,6-7,16-17,20-21H2,1-5H3,(H,41,49)(H,44,50);3H2,1-2H3;1H4;1H/t23-,30-,31?,35-;;;/m0.../s1. The van der Waals surface area contributed by atoms with Crippen LogP contribution in [-0.2, 0) is 19.1 Å². The van der Waals surface area contributed by atoms with Gasteiger partial charge in [0.15, 0.2) is 11.2 Å². The van der Waals surface area contributed by atoms with Crippen LogP contribution in [0.1, 0.15) is 93.0 Å². The van der Waals surface area contributed by atoms with Crippen LogP contribution in [0.5, 0.6) is 0 Å². The maximum Gasteiger partial charge on any atom is 0.407 e. The van der Waals surface area contributed by atoms with E-state index in [0.29, 0.717) is 53.5 Å². The molecule has 2 aromatic heterocycles. The molecule has 2 aliphatic rings. The van der Waals surface area contributed by atoms with E-state index in [1.165, 1.54) is 20.6 Å². The fourth-order valence-electron chi connectivity index (χ4n) is 7.43. The molecule has 2 N–H and O–H groups in total. The van der Waals surface area contributed by atoms with Crippen LogP contribution >= 0.6 is 0 Å². The zero-order valence-corrected chi connectivity index (χ0v) is 33.7. The topological polar surface area (TPSA) is 169 Å². The van der Waals surface area contributed by atoms with E-state index in [0.717, 1.165) is 35.1 Å². The van der Waals surface area contributed by atoms with Crippen molar-refractivity contribution in [2.24, 2.45) is 11.8 Å². The molecule has 0 bridgehead atoms. The maximum absolute atomic E-state index is 13.7. The number of rotatable bonds is 9. The van der Waals surface area contributed by atoms with Crippen LogP contribution in [0.2, 0.25) is 0 Å². The number of ether oxygens (including phenoxy) is 2. The molecule has 58 heavy (non-hydrogen) atoms. The highest BCUT2D eigenvalue weighted by molar-refractivity contribution is 5.87. The number of benzene rings is 3. The molecule has 0 radical (unpaired) electrons. The van der Waals surface area contributed by atoms with Crippen LogP contribution in [0.15, 0.2) is 69.5 Å². The van der Waals surface area contributed by atoms with Crippen molar-refractivity contribution in [2.75, 3.05) is 33.9 Å². The molecule has 0 spiro atoms. The molecule has 0 aliphatic carbocycles. The molecule has 2 saturated heterocycles. The molecule has 1 unspecified atom stereocenters. The number of hydrogen-bond acceptors (Lipinski definition) is 10. The third kappa shape index (κ3) is 9.43. The van der Waals surface area contributed by atoms with E-state index in [2.05, 4.69) is 36.1 Å². The molecule has 312 valence electrons. The molecule has 3 aromatic carbocycles. The predicted molar refractivity (Wildman–Crippen MR) is 224 cm³/mol. The lowest BCUT2D eigenvalue weighted by molar-refractivity contribution is -0.136. The van der Waals surface area contributed by atoms with Gasteiger partial charge in [-0.05, 0) is 77.6 Å². The largest absolute Gasteiger partial charge is 0.453 e. The molecule has 4 heterocycles. The van der Waals surface area contributed by atoms with E-state index in [1.54, 1.807) is 9.80 Å². The van der Waals surface area contributed by atoms with E-state index in [-0.39, 0.29) is 51.1 Å². The smallest absolute Gasteiger partial charge is 0.407 e. The monoisotopic (exact) mass is 798 g/mol. The molecular weight excluding hydrogens is 741 g/mol. The Bertz CT molecular complexity index is 2220. The minimum absolute atomic E-state index is 0. The number of alkyl carbamates (subject to hydrolysis) is 2. The van der Waals surface area contributed by atoms with Crippen LogP contribution in [-0.4, -0.2) is 83.7 Å². The second kappa shape index (κ2) is 19.0. The quantitative estimate of drug-likeness (QED) is 0.147. The van der Waals surface area contributed by atoms with E-state index >= 15 is 0 Å². The summed E-state index contributed by atoms with van der Waals surface area (Å²) in [6, 6.07) is 18.6. The Labute approximate surface area is 341 Å². The minimum Gasteiger partial charge on any atom is -0.453 e. The maximum atomic E-state index is 13.7. The Kier molecular flexibility index (Phi) is 14.2. The first kappa shape index (κ1) is 43.2. The second-order valence-corrected chi connectivity index (χ2v) is 15.0. The van der Waals surface area contributed by atoms with Gasteiger partial charge in [-0.25, -0.2) is 19.6 Å². The van der Waals surface area contributed by atoms with Gasteiger partial charge in [0, 0.05) is 14.5 Å². The molecule has 4 atom stereocenters. The number of methoxy groups -OCH3 is 2. The first-order chi connectivity index (χ1) is 27.4. The molecule has 14 heteroatoms. The highest BCUT2D eigenvalue weighted by atomic mass is 16.5. The highest BCUT2D eigenvalue weighted by Gasteiger charge is 2.41. The van der Waals surface area contributed by atoms with Gasteiger partial charge in [0.25, 0.3) is 0 Å². The fourth-order valence-corrected chi connectivity index (χ4v) is 7.43. The van der Waals surface area contributed by atoms with Gasteiger partial charge in [-0.15, -0.1) is 0 Å². The Morgan fingerprint density at radius 1 is 0.810 bits per heavy atom. The number of oxazole rings is 2. The molecule has 4 amide bonds. The van der Waals surface area contributed by atoms with Gasteiger partial charge in [0.05, 0.1) is 14.2 Å². The first-order valence-corrected chi connectivity index (χ1v) is 19.6. The average molecular weight is 799 g/mol. The normalized spacial score (nSPS) is 18.0. The van der Waals surface area contributed by atoms with Crippen LogP contribution < -0.4 is 10.6 Å². The van der Waals surface area contributed by atoms with Crippen molar-refractivity contribution in [1.82, 2.24) is 30.4 Å². The zero-order valence-electron chi connectivity index (χ0n) is 33.7. The first-order valence-electron chi connectivity index (χ1n) is 19.6. The second-order valence-electron chi connectivity index (χ2n) is 15.0. The van der Waals surface area contributed by atoms with Crippen molar-refractivity contribution < 1.29 is 38.9 Å². The highest BCUT2D eigenvalue weighted by Crippen LogP contribution is 2.38. The van der Waals surface area contributed by atoms with E-state index in [9.17, 15) is 19.2 Å². The molecule has 0 saturated carbocycles. The zero-order chi connectivity index (χ0) is 40.8. The number of likely N-dealkylation sites (tertiary alicyclic amines) is 2. The van der Waals surface area contributed by atoms with E-state index in [4.69, 9.17) is 23.5 Å². The average Bonchev–Trinajstić information content (AvgIpc) is 4.03. The third-order valence-corrected chi connectivity index (χ3v) is 10.3. The van der Waals surface area contributed by atoms with Gasteiger partial charge >= 0.3 is 12.2 Å². The Hall–Kier alpha value is -5.92. The number of nitrogens with one attached hydrogen (secondary N) is 2. The molecule has 5 aromatic rings. The lowest BCUT2D eigenvalue weighted by Gasteiger charge is -2.29. The lowest BCUT2D eigenvalue weighted by Crippen LogP contribution is -2.51. The summed E-state index contributed by atoms with van der Waals surface area (Å²) in [5.41, 5.74) is 6.56. The fraction of sp³-hybridized carbons (Fsp3) is 0.455. The molecule has 2 fully saturated rings. The summed E-state index contributed by atoms with van der Waals surface area (Å²) in [6.07, 6.45) is 2.18. The summed E-state index contributed by atoms with van der Waals surface area (Å²) in [5, 5.41) is 5.14. The number of nitrogens with zero attached hydrogens (tertiary/aromatic N) is 4. The molecule has 2 aliphatic heterocycles. The minimum atomic E-state index is -0.733. The van der Waals surface area contributed by atoms with Gasteiger partial charge in [-0.3, -0.25) is 9.59 Å². The summed E-state index contributed by atoms with van der Waals surface area (Å²) < 4.78 is 21.9. The van der Waals surface area contributed by atoms with Crippen molar-refractivity contribution in [3.05, 3.63) is 72.4 Å². The van der Waals surface area contributed by atoms with E-state index in [1.807, 2.05) is 74.5 Å². The molecule has 14 nitrogen and oxygen atoms in total. The van der Waals surface area contributed by atoms with Crippen LogP contribution in [0.25, 0.3) is 44.5 Å². The Balaban J connectivity index is 0.00000149. The van der Waals surface area contributed by atoms with Crippen LogP contribution in [0, 0.1) is 11.8 Å². The molecular formula is C44H58N6O8. The van der Waals surface area contributed by atoms with Crippen molar-refractivity contribution >= 4 is 46.2 Å². The van der Waals surface area contributed by atoms with Gasteiger partial charge in [0.2, 0.25) is 23.6 Å². The summed E-state index contributed by atoms with van der Waals surface area (Å²) >= 11 is 0. The third-order valence-electron chi connectivity index (χ3n) is 10.3. The Morgan fingerprint density at radius 2 is 1.33 bits per heavy atom. The predicted octanol–water partition coefficient (Wildman–Crippen LogP) is 8.91. The SMILES string of the molecule is C.CCC.COC(=O)NCC(=O)N1CCC[C@H]1c1nc2ccc(-c3ccc(-c4ccc5nc(C6C[C@H](C)CN6C(=O)[C@@H](NC(=O)OC)C(C)C)oc5c4)cc3)cc2o1.[HH]. The molecule has 7 rings (SSSR count). The summed E-state index contributed by atoms with van der Waals surface area (Å²) in [4.78, 5) is 62.9. The van der Waals surface area contributed by atoms with Crippen molar-refractivity contribution in [2.45, 2.75) is 85.9 Å². The van der Waals surface area contributed by atoms with Crippen molar-refractivity contribution in [3.63, 3.8) is 0 Å². The summed E-state index contributed by atoms with van der Waals surface area (Å²) in [6.45, 7) is 11.1. The van der Waals surface area contributed by atoms with Gasteiger partial charge < -0.3 is 38.7 Å². The lowest BCUT2D eigenvalue weighted by atomic mass is 10.00. The van der Waals surface area contributed by atoms with Crippen molar-refractivity contribution in [1.29, 1.82) is 0 Å². The number of fused-ring (bicyclic) bond motifs is 2.